The lowest BCUT2D eigenvalue weighted by Gasteiger charge is -2.21. The summed E-state index contributed by atoms with van der Waals surface area (Å²) in [6.07, 6.45) is 1.49. The van der Waals surface area contributed by atoms with E-state index < -0.39 is 6.03 Å². The van der Waals surface area contributed by atoms with Gasteiger partial charge in [-0.05, 0) is 32.0 Å². The van der Waals surface area contributed by atoms with E-state index in [1.54, 1.807) is 39.2 Å². The summed E-state index contributed by atoms with van der Waals surface area (Å²) < 4.78 is 6.45. The average molecular weight is 319 g/mol. The molecule has 0 saturated heterocycles. The number of nitrogens with two attached hydrogens (primary N) is 1. The Balaban J connectivity index is 2.31. The second-order valence-electron chi connectivity index (χ2n) is 5.40. The highest BCUT2D eigenvalue weighted by atomic mass is 16.5. The number of urea groups is 1. The van der Waals surface area contributed by atoms with Crippen molar-refractivity contribution >= 4 is 22.6 Å². The van der Waals surface area contributed by atoms with E-state index in [4.69, 9.17) is 10.6 Å². The molecule has 8 nitrogen and oxygen atoms in total. The Morgan fingerprint density at radius 1 is 1.48 bits per heavy atom. The number of hydrogen-bond donors (Lipinski definition) is 2. The lowest BCUT2D eigenvalue weighted by Crippen LogP contribution is -2.45. The first kappa shape index (κ1) is 16.9. The van der Waals surface area contributed by atoms with Crippen molar-refractivity contribution in [2.75, 3.05) is 19.0 Å². The van der Waals surface area contributed by atoms with Crippen LogP contribution in [0.5, 0.6) is 0 Å². The van der Waals surface area contributed by atoms with Crippen LogP contribution >= 0.6 is 0 Å². The average Bonchev–Trinajstić information content (AvgIpc) is 2.53. The minimum Gasteiger partial charge on any atom is -0.383 e. The highest BCUT2D eigenvalue weighted by molar-refractivity contribution is 5.92. The molecule has 0 radical (unpaired) electrons. The van der Waals surface area contributed by atoms with Crippen LogP contribution in [0.25, 0.3) is 10.9 Å². The summed E-state index contributed by atoms with van der Waals surface area (Å²) in [7, 11) is 1.57. The number of anilines is 1. The molecule has 0 saturated carbocycles. The molecule has 0 aliphatic carbocycles. The number of hydrogen-bond acceptors (Lipinski definition) is 5. The van der Waals surface area contributed by atoms with Gasteiger partial charge in [-0.3, -0.25) is 14.4 Å². The minimum absolute atomic E-state index is 0.136. The number of aromatic nitrogens is 2. The van der Waals surface area contributed by atoms with Gasteiger partial charge in [-0.1, -0.05) is 0 Å². The van der Waals surface area contributed by atoms with Gasteiger partial charge in [-0.25, -0.2) is 15.6 Å². The third kappa shape index (κ3) is 3.85. The zero-order valence-electron chi connectivity index (χ0n) is 13.4. The van der Waals surface area contributed by atoms with Crippen LogP contribution in [0, 0.1) is 0 Å². The first-order valence-electron chi connectivity index (χ1n) is 7.27. The Morgan fingerprint density at radius 3 is 2.87 bits per heavy atom. The number of fused-ring (bicyclic) bond motifs is 1. The maximum absolute atomic E-state index is 12.4. The summed E-state index contributed by atoms with van der Waals surface area (Å²) in [5, 5.41) is 4.18. The summed E-state index contributed by atoms with van der Waals surface area (Å²) in [5.74, 6) is 5.66. The van der Waals surface area contributed by atoms with Crippen molar-refractivity contribution in [2.24, 2.45) is 5.84 Å². The normalized spacial score (nSPS) is 11.0. The molecule has 0 bridgehead atoms. The van der Waals surface area contributed by atoms with Gasteiger partial charge in [0.05, 0.1) is 30.4 Å². The number of ether oxygens (including phenoxy) is 1. The summed E-state index contributed by atoms with van der Waals surface area (Å²) >= 11 is 0. The predicted octanol–water partition coefficient (Wildman–Crippen LogP) is 1.16. The third-order valence-corrected chi connectivity index (χ3v) is 3.40. The van der Waals surface area contributed by atoms with Gasteiger partial charge in [-0.15, -0.1) is 0 Å². The van der Waals surface area contributed by atoms with Crippen LogP contribution in [-0.4, -0.2) is 40.3 Å². The lowest BCUT2D eigenvalue weighted by molar-refractivity contribution is 0.186. The molecule has 0 aliphatic rings. The van der Waals surface area contributed by atoms with Gasteiger partial charge in [0.1, 0.15) is 0 Å². The Bertz CT molecular complexity index is 756. The number of hydrazine groups is 1. The van der Waals surface area contributed by atoms with Gasteiger partial charge in [0.25, 0.3) is 5.56 Å². The molecule has 8 heteroatoms. The van der Waals surface area contributed by atoms with Gasteiger partial charge in [0.2, 0.25) is 0 Å². The summed E-state index contributed by atoms with van der Waals surface area (Å²) in [6.45, 7) is 4.44. The third-order valence-electron chi connectivity index (χ3n) is 3.40. The fourth-order valence-electron chi connectivity index (χ4n) is 2.01. The SMILES string of the molecule is COCCn1cnc2ccc(NC(=O)N(N)C(C)C)cc2c1=O. The molecular weight excluding hydrogens is 298 g/mol. The van der Waals surface area contributed by atoms with Gasteiger partial charge >= 0.3 is 6.03 Å². The molecule has 124 valence electrons. The van der Waals surface area contributed by atoms with Crippen LogP contribution in [0.2, 0.25) is 0 Å². The fraction of sp³-hybridized carbons (Fsp3) is 0.400. The van der Waals surface area contributed by atoms with E-state index in [0.29, 0.717) is 29.7 Å². The number of carbonyl (C=O) groups is 1. The molecule has 1 aromatic heterocycles. The second kappa shape index (κ2) is 7.21. The second-order valence-corrected chi connectivity index (χ2v) is 5.40. The zero-order valence-corrected chi connectivity index (χ0v) is 13.4. The van der Waals surface area contributed by atoms with Crippen molar-refractivity contribution < 1.29 is 9.53 Å². The first-order chi connectivity index (χ1) is 10.9. The fourth-order valence-corrected chi connectivity index (χ4v) is 2.01. The zero-order chi connectivity index (χ0) is 17.0. The molecule has 0 aliphatic heterocycles. The van der Waals surface area contributed by atoms with E-state index in [2.05, 4.69) is 10.3 Å². The quantitative estimate of drug-likeness (QED) is 0.489. The number of rotatable bonds is 5. The highest BCUT2D eigenvalue weighted by Gasteiger charge is 2.13. The largest absolute Gasteiger partial charge is 0.383 e. The molecule has 0 spiro atoms. The molecule has 3 N–H and O–H groups in total. The molecule has 1 aromatic carbocycles. The van der Waals surface area contributed by atoms with Gasteiger partial charge < -0.3 is 10.1 Å². The smallest absolute Gasteiger partial charge is 0.336 e. The molecule has 23 heavy (non-hydrogen) atoms. The van der Waals surface area contributed by atoms with Crippen molar-refractivity contribution in [3.63, 3.8) is 0 Å². The number of nitrogens with zero attached hydrogens (tertiary/aromatic N) is 3. The van der Waals surface area contributed by atoms with Gasteiger partial charge in [-0.2, -0.15) is 0 Å². The number of carbonyl (C=O) groups excluding carboxylic acids is 1. The van der Waals surface area contributed by atoms with E-state index in [9.17, 15) is 9.59 Å². The van der Waals surface area contributed by atoms with Crippen LogP contribution in [0.1, 0.15) is 13.8 Å². The van der Waals surface area contributed by atoms with Crippen molar-refractivity contribution in [3.05, 3.63) is 34.9 Å². The topological polar surface area (TPSA) is 102 Å². The molecule has 0 atom stereocenters. The van der Waals surface area contributed by atoms with Gasteiger partial charge in [0.15, 0.2) is 0 Å². The van der Waals surface area contributed by atoms with Crippen molar-refractivity contribution in [1.82, 2.24) is 14.6 Å². The van der Waals surface area contributed by atoms with E-state index in [1.807, 2.05) is 0 Å². The Morgan fingerprint density at radius 2 is 2.22 bits per heavy atom. The number of amides is 2. The molecular formula is C15H21N5O3. The number of methoxy groups -OCH3 is 1. The van der Waals surface area contributed by atoms with Crippen molar-refractivity contribution in [3.8, 4) is 0 Å². The van der Waals surface area contributed by atoms with Crippen LogP contribution in [-0.2, 0) is 11.3 Å². The first-order valence-corrected chi connectivity index (χ1v) is 7.27. The standard InChI is InChI=1S/C15H21N5O3/c1-10(2)20(16)15(22)18-11-4-5-13-12(8-11)14(21)19(9-17-13)6-7-23-3/h4-5,8-10H,6-7,16H2,1-3H3,(H,18,22). The molecule has 2 amide bonds. The van der Waals surface area contributed by atoms with Crippen LogP contribution in [0.4, 0.5) is 10.5 Å². The van der Waals surface area contributed by atoms with Crippen molar-refractivity contribution in [2.45, 2.75) is 26.4 Å². The molecule has 0 fully saturated rings. The minimum atomic E-state index is -0.442. The number of benzene rings is 1. The summed E-state index contributed by atoms with van der Waals surface area (Å²) in [5.41, 5.74) is 0.869. The van der Waals surface area contributed by atoms with Crippen LogP contribution in [0.15, 0.2) is 29.3 Å². The monoisotopic (exact) mass is 319 g/mol. The van der Waals surface area contributed by atoms with E-state index >= 15 is 0 Å². The Hall–Kier alpha value is -2.45. The maximum Gasteiger partial charge on any atom is 0.336 e. The summed E-state index contributed by atoms with van der Waals surface area (Å²) in [6, 6.07) is 4.38. The van der Waals surface area contributed by atoms with Crippen molar-refractivity contribution in [1.29, 1.82) is 0 Å². The van der Waals surface area contributed by atoms with E-state index in [-0.39, 0.29) is 11.6 Å². The Kier molecular flexibility index (Phi) is 5.30. The lowest BCUT2D eigenvalue weighted by atomic mass is 10.2. The molecule has 2 aromatic rings. The van der Waals surface area contributed by atoms with E-state index in [1.165, 1.54) is 10.9 Å². The molecule has 1 heterocycles. The molecule has 0 unspecified atom stereocenters. The van der Waals surface area contributed by atoms with Gasteiger partial charge in [0, 0.05) is 18.8 Å². The highest BCUT2D eigenvalue weighted by Crippen LogP contribution is 2.15. The predicted molar refractivity (Wildman–Crippen MR) is 88.1 cm³/mol. The maximum atomic E-state index is 12.4. The van der Waals surface area contributed by atoms with E-state index in [0.717, 1.165) is 5.01 Å². The van der Waals surface area contributed by atoms with Crippen LogP contribution < -0.4 is 16.7 Å². The molecule has 2 rings (SSSR count). The van der Waals surface area contributed by atoms with Crippen LogP contribution in [0.3, 0.4) is 0 Å². The summed E-state index contributed by atoms with van der Waals surface area (Å²) in [4.78, 5) is 28.6. The number of nitrogens with one attached hydrogen (secondary N) is 1. The Labute approximate surface area is 133 Å².